The van der Waals surface area contributed by atoms with Gasteiger partial charge in [-0.25, -0.2) is 14.8 Å². The molecule has 7 nitrogen and oxygen atoms in total. The Balaban J connectivity index is 1.73. The number of hydrogen-bond donors (Lipinski definition) is 2. The van der Waals surface area contributed by atoms with E-state index in [4.69, 9.17) is 21.7 Å². The summed E-state index contributed by atoms with van der Waals surface area (Å²) in [4.78, 5) is 29.6. The highest BCUT2D eigenvalue weighted by atomic mass is 35.5. The van der Waals surface area contributed by atoms with Crippen molar-refractivity contribution >= 4 is 17.7 Å². The van der Waals surface area contributed by atoms with Gasteiger partial charge in [-0.05, 0) is 44.0 Å². The Morgan fingerprint density at radius 1 is 1.25 bits per heavy atom. The zero-order valence-electron chi connectivity index (χ0n) is 15.4. The van der Waals surface area contributed by atoms with Crippen LogP contribution in [0.2, 0.25) is 5.15 Å². The van der Waals surface area contributed by atoms with E-state index in [0.29, 0.717) is 18.2 Å². The van der Waals surface area contributed by atoms with Crippen molar-refractivity contribution in [1.29, 1.82) is 0 Å². The number of nitrogens with one attached hydrogen (secondary N) is 1. The molecule has 1 amide bonds. The zero-order valence-corrected chi connectivity index (χ0v) is 16.1. The van der Waals surface area contributed by atoms with Gasteiger partial charge in [-0.1, -0.05) is 17.7 Å². The number of pyridine rings is 2. The summed E-state index contributed by atoms with van der Waals surface area (Å²) in [5.74, 6) is 1.02. The number of nitrogens with zero attached hydrogens (tertiary/aromatic N) is 4. The highest BCUT2D eigenvalue weighted by molar-refractivity contribution is 6.29. The van der Waals surface area contributed by atoms with Crippen molar-refractivity contribution < 1.29 is 9.90 Å². The van der Waals surface area contributed by atoms with Gasteiger partial charge in [0.05, 0.1) is 17.1 Å². The number of piperidine rings is 1. The lowest BCUT2D eigenvalue weighted by Gasteiger charge is -2.28. The fraction of sp³-hybridized carbons (Fsp3) is 0.300. The molecule has 3 aromatic heterocycles. The van der Waals surface area contributed by atoms with Gasteiger partial charge >= 0.3 is 6.09 Å². The minimum atomic E-state index is -0.866. The molecule has 0 radical (unpaired) electrons. The molecule has 0 aliphatic carbocycles. The van der Waals surface area contributed by atoms with Gasteiger partial charge in [-0.15, -0.1) is 0 Å². The fourth-order valence-electron chi connectivity index (χ4n) is 3.56. The number of aromatic nitrogens is 4. The molecule has 0 spiro atoms. The van der Waals surface area contributed by atoms with E-state index in [9.17, 15) is 4.79 Å². The van der Waals surface area contributed by atoms with E-state index in [-0.39, 0.29) is 5.92 Å². The van der Waals surface area contributed by atoms with Crippen LogP contribution in [0.3, 0.4) is 0 Å². The molecule has 0 unspecified atom stereocenters. The minimum Gasteiger partial charge on any atom is -0.465 e. The highest BCUT2D eigenvalue weighted by Gasteiger charge is 2.27. The topological polar surface area (TPSA) is 95.0 Å². The molecular weight excluding hydrogens is 378 g/mol. The van der Waals surface area contributed by atoms with E-state index in [0.717, 1.165) is 47.0 Å². The Hall–Kier alpha value is -2.93. The van der Waals surface area contributed by atoms with Crippen molar-refractivity contribution in [3.05, 3.63) is 53.2 Å². The van der Waals surface area contributed by atoms with E-state index in [2.05, 4.69) is 15.0 Å². The first kappa shape index (κ1) is 18.4. The number of halogens is 1. The maximum atomic E-state index is 11.2. The van der Waals surface area contributed by atoms with Crippen molar-refractivity contribution in [2.24, 2.45) is 0 Å². The number of hydrogen-bond acceptors (Lipinski definition) is 4. The van der Waals surface area contributed by atoms with Crippen LogP contribution in [0.4, 0.5) is 4.79 Å². The van der Waals surface area contributed by atoms with E-state index in [1.807, 2.05) is 31.2 Å². The Morgan fingerprint density at radius 2 is 2.04 bits per heavy atom. The standard InChI is InChI=1S/C20H20ClN5O2/c1-12-3-2-4-15(23-12)18-17(14-5-8-22-16(21)11-14)24-19(25-18)13-6-9-26(10-7-13)20(27)28/h2-5,8,11,13H,6-7,9-10H2,1H3,(H,24,25)(H,27,28). The average molecular weight is 398 g/mol. The van der Waals surface area contributed by atoms with Crippen LogP contribution in [0.1, 0.15) is 30.3 Å². The van der Waals surface area contributed by atoms with Crippen LogP contribution in [-0.2, 0) is 0 Å². The first-order valence-electron chi connectivity index (χ1n) is 9.15. The number of likely N-dealkylation sites (tertiary alicyclic amines) is 1. The number of H-pyrrole nitrogens is 1. The largest absolute Gasteiger partial charge is 0.465 e. The smallest absolute Gasteiger partial charge is 0.407 e. The molecule has 144 valence electrons. The molecule has 0 bridgehead atoms. The van der Waals surface area contributed by atoms with Crippen LogP contribution in [-0.4, -0.2) is 49.1 Å². The first-order valence-corrected chi connectivity index (χ1v) is 9.53. The van der Waals surface area contributed by atoms with Crippen molar-refractivity contribution in [3.8, 4) is 22.6 Å². The molecule has 2 N–H and O–H groups in total. The third kappa shape index (κ3) is 3.71. The van der Waals surface area contributed by atoms with Gasteiger partial charge < -0.3 is 15.0 Å². The van der Waals surface area contributed by atoms with Gasteiger partial charge in [-0.3, -0.25) is 4.98 Å². The summed E-state index contributed by atoms with van der Waals surface area (Å²) in [6, 6.07) is 9.52. The third-order valence-corrected chi connectivity index (χ3v) is 5.23. The molecule has 0 aromatic carbocycles. The monoisotopic (exact) mass is 397 g/mol. The molecule has 1 aliphatic heterocycles. The van der Waals surface area contributed by atoms with E-state index in [1.165, 1.54) is 4.90 Å². The number of carbonyl (C=O) groups is 1. The van der Waals surface area contributed by atoms with Gasteiger partial charge in [0.25, 0.3) is 0 Å². The molecule has 1 fully saturated rings. The van der Waals surface area contributed by atoms with Gasteiger partial charge in [0.2, 0.25) is 0 Å². The lowest BCUT2D eigenvalue weighted by Crippen LogP contribution is -2.37. The Labute approximate surface area is 167 Å². The summed E-state index contributed by atoms with van der Waals surface area (Å²) in [6.45, 7) is 2.97. The van der Waals surface area contributed by atoms with Crippen LogP contribution in [0.25, 0.3) is 22.6 Å². The molecule has 0 saturated carbocycles. The van der Waals surface area contributed by atoms with Crippen LogP contribution >= 0.6 is 11.6 Å². The normalized spacial score (nSPS) is 15.0. The van der Waals surface area contributed by atoms with Crippen molar-refractivity contribution in [1.82, 2.24) is 24.8 Å². The van der Waals surface area contributed by atoms with E-state index < -0.39 is 6.09 Å². The summed E-state index contributed by atoms with van der Waals surface area (Å²) in [5, 5.41) is 9.57. The SMILES string of the molecule is Cc1cccc(-c2[nH]c(C3CCN(C(=O)O)CC3)nc2-c2ccnc(Cl)c2)n1. The summed E-state index contributed by atoms with van der Waals surface area (Å²) in [7, 11) is 0. The molecule has 8 heteroatoms. The lowest BCUT2D eigenvalue weighted by molar-refractivity contribution is 0.131. The highest BCUT2D eigenvalue weighted by Crippen LogP contribution is 2.34. The van der Waals surface area contributed by atoms with Gasteiger partial charge in [0.15, 0.2) is 0 Å². The van der Waals surface area contributed by atoms with Crippen molar-refractivity contribution in [3.63, 3.8) is 0 Å². The quantitative estimate of drug-likeness (QED) is 0.640. The predicted molar refractivity (Wildman–Crippen MR) is 106 cm³/mol. The maximum Gasteiger partial charge on any atom is 0.407 e. The fourth-order valence-corrected chi connectivity index (χ4v) is 3.73. The Bertz CT molecular complexity index is 948. The van der Waals surface area contributed by atoms with Crippen LogP contribution < -0.4 is 0 Å². The van der Waals surface area contributed by atoms with Crippen LogP contribution in [0.15, 0.2) is 36.5 Å². The summed E-state index contributed by atoms with van der Waals surface area (Å²) >= 11 is 6.09. The zero-order chi connectivity index (χ0) is 19.7. The van der Waals surface area contributed by atoms with E-state index >= 15 is 0 Å². The second kappa shape index (κ2) is 7.59. The predicted octanol–water partition coefficient (Wildman–Crippen LogP) is 4.35. The number of rotatable bonds is 3. The Kier molecular flexibility index (Phi) is 5.00. The molecule has 0 atom stereocenters. The summed E-state index contributed by atoms with van der Waals surface area (Å²) in [6.07, 6.45) is 2.26. The third-order valence-electron chi connectivity index (χ3n) is 5.02. The molecule has 1 aliphatic rings. The molecule has 3 aromatic rings. The van der Waals surface area contributed by atoms with Crippen molar-refractivity contribution in [2.45, 2.75) is 25.7 Å². The van der Waals surface area contributed by atoms with Crippen LogP contribution in [0.5, 0.6) is 0 Å². The molecule has 28 heavy (non-hydrogen) atoms. The lowest BCUT2D eigenvalue weighted by atomic mass is 9.96. The van der Waals surface area contributed by atoms with Gasteiger partial charge in [-0.2, -0.15) is 0 Å². The second-order valence-corrected chi connectivity index (χ2v) is 7.31. The molecular formula is C20H20ClN5O2. The maximum absolute atomic E-state index is 11.2. The minimum absolute atomic E-state index is 0.171. The van der Waals surface area contributed by atoms with Crippen molar-refractivity contribution in [2.75, 3.05) is 13.1 Å². The Morgan fingerprint density at radius 3 is 2.71 bits per heavy atom. The van der Waals surface area contributed by atoms with Gasteiger partial charge in [0.1, 0.15) is 11.0 Å². The number of carboxylic acid groups (broad SMARTS) is 1. The molecule has 1 saturated heterocycles. The second-order valence-electron chi connectivity index (χ2n) is 6.92. The number of imidazole rings is 1. The molecule has 4 rings (SSSR count). The average Bonchev–Trinajstić information content (AvgIpc) is 3.13. The number of amides is 1. The first-order chi connectivity index (χ1) is 13.5. The van der Waals surface area contributed by atoms with Gasteiger partial charge in [0, 0.05) is 36.5 Å². The molecule has 4 heterocycles. The van der Waals surface area contributed by atoms with E-state index in [1.54, 1.807) is 12.3 Å². The summed E-state index contributed by atoms with van der Waals surface area (Å²) < 4.78 is 0. The number of aryl methyl sites for hydroxylation is 1. The number of aromatic amines is 1. The van der Waals surface area contributed by atoms with Crippen LogP contribution in [0, 0.1) is 6.92 Å². The summed E-state index contributed by atoms with van der Waals surface area (Å²) in [5.41, 5.74) is 4.20.